The Balaban J connectivity index is 2.06. The monoisotopic (exact) mass is 344 g/mol. The summed E-state index contributed by atoms with van der Waals surface area (Å²) in [5.41, 5.74) is 1.93. The minimum atomic E-state index is -0.603. The first kappa shape index (κ1) is 18.7. The Labute approximate surface area is 147 Å². The molecule has 134 valence electrons. The van der Waals surface area contributed by atoms with Crippen LogP contribution >= 0.6 is 0 Å². The van der Waals surface area contributed by atoms with Gasteiger partial charge in [-0.2, -0.15) is 0 Å². The van der Waals surface area contributed by atoms with E-state index in [1.165, 1.54) is 6.26 Å². The van der Waals surface area contributed by atoms with Gasteiger partial charge in [0.25, 0.3) is 5.91 Å². The topological polar surface area (TPSA) is 91.6 Å². The highest BCUT2D eigenvalue weighted by molar-refractivity contribution is 5.96. The molecule has 6 nitrogen and oxygen atoms in total. The summed E-state index contributed by atoms with van der Waals surface area (Å²) in [5.74, 6) is 0.402. The Kier molecular flexibility index (Phi) is 6.36. The van der Waals surface area contributed by atoms with Crippen LogP contribution in [0.5, 0.6) is 0 Å². The minimum absolute atomic E-state index is 0.0477. The van der Waals surface area contributed by atoms with Crippen molar-refractivity contribution in [3.05, 3.63) is 53.5 Å². The lowest BCUT2D eigenvalue weighted by Gasteiger charge is -2.15. The highest BCUT2D eigenvalue weighted by Crippen LogP contribution is 2.19. The van der Waals surface area contributed by atoms with Gasteiger partial charge in [-0.05, 0) is 48.7 Å². The number of hydrogen-bond acceptors (Lipinski definition) is 4. The smallest absolute Gasteiger partial charge is 0.251 e. The standard InChI is InChI=1S/C19H24N2O4/c1-12(2)9-18(23)20-15-7-6-14(10-13(15)3)19(24)21-16(11-22)17-5-4-8-25-17/h4-8,10,12,16,22H,9,11H2,1-3H3,(H,20,23)(H,21,24). The van der Waals surface area contributed by atoms with Crippen molar-refractivity contribution < 1.29 is 19.1 Å². The summed E-state index contributed by atoms with van der Waals surface area (Å²) >= 11 is 0. The van der Waals surface area contributed by atoms with Gasteiger partial charge in [-0.3, -0.25) is 9.59 Å². The molecule has 0 aliphatic rings. The van der Waals surface area contributed by atoms with E-state index >= 15 is 0 Å². The van der Waals surface area contributed by atoms with E-state index in [0.717, 1.165) is 5.56 Å². The fraction of sp³-hybridized carbons (Fsp3) is 0.368. The number of aryl methyl sites for hydroxylation is 1. The van der Waals surface area contributed by atoms with Gasteiger partial charge >= 0.3 is 0 Å². The lowest BCUT2D eigenvalue weighted by Crippen LogP contribution is -2.30. The van der Waals surface area contributed by atoms with Crippen LogP contribution in [0.4, 0.5) is 5.69 Å². The Morgan fingerprint density at radius 1 is 1.24 bits per heavy atom. The van der Waals surface area contributed by atoms with Gasteiger partial charge in [-0.1, -0.05) is 13.8 Å². The van der Waals surface area contributed by atoms with Crippen molar-refractivity contribution in [2.75, 3.05) is 11.9 Å². The predicted molar refractivity (Wildman–Crippen MR) is 95.3 cm³/mol. The number of nitrogens with one attached hydrogen (secondary N) is 2. The molecular formula is C19H24N2O4. The minimum Gasteiger partial charge on any atom is -0.467 e. The normalized spacial score (nSPS) is 12.0. The van der Waals surface area contributed by atoms with Gasteiger partial charge in [0.15, 0.2) is 0 Å². The maximum Gasteiger partial charge on any atom is 0.251 e. The van der Waals surface area contributed by atoms with E-state index in [1.54, 1.807) is 30.3 Å². The summed E-state index contributed by atoms with van der Waals surface area (Å²) < 4.78 is 5.22. The van der Waals surface area contributed by atoms with Gasteiger partial charge in [-0.25, -0.2) is 0 Å². The third-order valence-electron chi connectivity index (χ3n) is 3.73. The van der Waals surface area contributed by atoms with Gasteiger partial charge in [0.05, 0.1) is 12.9 Å². The molecule has 2 amide bonds. The summed E-state index contributed by atoms with van der Waals surface area (Å²) in [6.45, 7) is 5.53. The van der Waals surface area contributed by atoms with Crippen molar-refractivity contribution in [1.82, 2.24) is 5.32 Å². The number of aliphatic hydroxyl groups is 1. The second-order valence-corrected chi connectivity index (χ2v) is 6.40. The number of hydrogen-bond donors (Lipinski definition) is 3. The molecule has 0 fully saturated rings. The first-order valence-electron chi connectivity index (χ1n) is 8.26. The molecule has 2 rings (SSSR count). The van der Waals surface area contributed by atoms with Crippen molar-refractivity contribution in [1.29, 1.82) is 0 Å². The molecule has 1 aromatic heterocycles. The highest BCUT2D eigenvalue weighted by atomic mass is 16.3. The molecule has 25 heavy (non-hydrogen) atoms. The average Bonchev–Trinajstić information content (AvgIpc) is 3.07. The zero-order valence-electron chi connectivity index (χ0n) is 14.7. The van der Waals surface area contributed by atoms with Crippen molar-refractivity contribution in [3.8, 4) is 0 Å². The maximum absolute atomic E-state index is 12.4. The van der Waals surface area contributed by atoms with Crippen LogP contribution in [-0.4, -0.2) is 23.5 Å². The fourth-order valence-electron chi connectivity index (χ4n) is 2.46. The molecule has 0 saturated heterocycles. The van der Waals surface area contributed by atoms with Gasteiger partial charge in [0.1, 0.15) is 11.8 Å². The summed E-state index contributed by atoms with van der Waals surface area (Å²) in [6.07, 6.45) is 1.94. The quantitative estimate of drug-likeness (QED) is 0.720. The van der Waals surface area contributed by atoms with Gasteiger partial charge in [0.2, 0.25) is 5.91 Å². The van der Waals surface area contributed by atoms with E-state index in [1.807, 2.05) is 20.8 Å². The van der Waals surface area contributed by atoms with Crippen molar-refractivity contribution in [2.45, 2.75) is 33.2 Å². The molecule has 1 atom stereocenters. The average molecular weight is 344 g/mol. The second kappa shape index (κ2) is 8.48. The number of benzene rings is 1. The van der Waals surface area contributed by atoms with E-state index in [4.69, 9.17) is 4.42 Å². The molecule has 2 aromatic rings. The van der Waals surface area contributed by atoms with Crippen molar-refractivity contribution in [2.24, 2.45) is 5.92 Å². The van der Waals surface area contributed by atoms with Gasteiger partial charge < -0.3 is 20.2 Å². The molecule has 6 heteroatoms. The van der Waals surface area contributed by atoms with E-state index in [0.29, 0.717) is 23.4 Å². The zero-order valence-corrected chi connectivity index (χ0v) is 14.7. The first-order valence-corrected chi connectivity index (χ1v) is 8.26. The third kappa shape index (κ3) is 5.19. The predicted octanol–water partition coefficient (Wildman–Crippen LogP) is 3.04. The molecule has 0 bridgehead atoms. The number of amides is 2. The number of furan rings is 1. The molecule has 1 aromatic carbocycles. The van der Waals surface area contributed by atoms with Crippen molar-refractivity contribution in [3.63, 3.8) is 0 Å². The van der Waals surface area contributed by atoms with E-state index in [9.17, 15) is 14.7 Å². The van der Waals surface area contributed by atoms with Crippen LogP contribution < -0.4 is 10.6 Å². The number of anilines is 1. The molecule has 0 aliphatic carbocycles. The van der Waals surface area contributed by atoms with Crippen molar-refractivity contribution >= 4 is 17.5 Å². The summed E-state index contributed by atoms with van der Waals surface area (Å²) in [4.78, 5) is 24.3. The lowest BCUT2D eigenvalue weighted by atomic mass is 10.1. The van der Waals surface area contributed by atoms with Gasteiger partial charge in [-0.15, -0.1) is 0 Å². The molecule has 1 heterocycles. The summed E-state index contributed by atoms with van der Waals surface area (Å²) in [6, 6.07) is 7.85. The molecule has 0 aliphatic heterocycles. The second-order valence-electron chi connectivity index (χ2n) is 6.40. The van der Waals surface area contributed by atoms with Crippen LogP contribution in [0.1, 0.15) is 48.0 Å². The fourth-order valence-corrected chi connectivity index (χ4v) is 2.46. The number of carbonyl (C=O) groups excluding carboxylic acids is 2. The van der Waals surface area contributed by atoms with Crippen LogP contribution in [0.25, 0.3) is 0 Å². The van der Waals surface area contributed by atoms with E-state index in [-0.39, 0.29) is 24.3 Å². The Morgan fingerprint density at radius 3 is 2.56 bits per heavy atom. The number of carbonyl (C=O) groups is 2. The van der Waals surface area contributed by atoms with Crippen LogP contribution in [0.2, 0.25) is 0 Å². The maximum atomic E-state index is 12.4. The molecule has 1 unspecified atom stereocenters. The Morgan fingerprint density at radius 2 is 2.00 bits per heavy atom. The molecular weight excluding hydrogens is 320 g/mol. The van der Waals surface area contributed by atoms with Crippen LogP contribution in [-0.2, 0) is 4.79 Å². The highest BCUT2D eigenvalue weighted by Gasteiger charge is 2.18. The molecule has 0 radical (unpaired) electrons. The lowest BCUT2D eigenvalue weighted by molar-refractivity contribution is -0.116. The largest absolute Gasteiger partial charge is 0.467 e. The molecule has 3 N–H and O–H groups in total. The van der Waals surface area contributed by atoms with Crippen LogP contribution in [0.15, 0.2) is 41.0 Å². The number of aliphatic hydroxyl groups excluding tert-OH is 1. The molecule has 0 saturated carbocycles. The number of rotatable bonds is 7. The summed E-state index contributed by atoms with van der Waals surface area (Å²) in [5, 5.41) is 15.0. The zero-order chi connectivity index (χ0) is 18.4. The van der Waals surface area contributed by atoms with Gasteiger partial charge in [0, 0.05) is 17.7 Å². The molecule has 0 spiro atoms. The van der Waals surface area contributed by atoms with Crippen LogP contribution in [0.3, 0.4) is 0 Å². The Bertz CT molecular complexity index is 723. The summed E-state index contributed by atoms with van der Waals surface area (Å²) in [7, 11) is 0. The Hall–Kier alpha value is -2.60. The third-order valence-corrected chi connectivity index (χ3v) is 3.73. The van der Waals surface area contributed by atoms with E-state index < -0.39 is 6.04 Å². The SMILES string of the molecule is Cc1cc(C(=O)NC(CO)c2ccco2)ccc1NC(=O)CC(C)C. The first-order chi connectivity index (χ1) is 11.9. The van der Waals surface area contributed by atoms with Crippen LogP contribution in [0, 0.1) is 12.8 Å². The van der Waals surface area contributed by atoms with E-state index in [2.05, 4.69) is 10.6 Å².